The molecule has 0 saturated heterocycles. The second-order valence-corrected chi connectivity index (χ2v) is 6.25. The van der Waals surface area contributed by atoms with Gasteiger partial charge in [-0.25, -0.2) is 14.6 Å². The first-order valence-corrected chi connectivity index (χ1v) is 8.84. The highest BCUT2D eigenvalue weighted by molar-refractivity contribution is 6.32. The molecule has 28 heavy (non-hydrogen) atoms. The number of esters is 1. The number of aromatic nitrogens is 1. The third-order valence-electron chi connectivity index (χ3n) is 3.89. The van der Waals surface area contributed by atoms with Gasteiger partial charge in [0.25, 0.3) is 0 Å². The van der Waals surface area contributed by atoms with E-state index in [1.807, 2.05) is 30.3 Å². The lowest BCUT2D eigenvalue weighted by molar-refractivity contribution is 0.0133. The number of pyridine rings is 1. The Balaban J connectivity index is 1.81. The summed E-state index contributed by atoms with van der Waals surface area (Å²) in [6.45, 7) is 0.210. The Morgan fingerprint density at radius 2 is 1.96 bits per heavy atom. The molecule has 0 fully saturated rings. The first kappa shape index (κ1) is 21.6. The highest BCUT2D eigenvalue weighted by atomic mass is 35.5. The molecule has 3 N–H and O–H groups in total. The molecule has 1 aromatic carbocycles. The van der Waals surface area contributed by atoms with E-state index in [1.165, 1.54) is 19.4 Å². The minimum absolute atomic E-state index is 0.0180. The zero-order chi connectivity index (χ0) is 20.5. The second-order valence-electron chi connectivity index (χ2n) is 5.89. The largest absolute Gasteiger partial charge is 0.465 e. The Kier molecular flexibility index (Phi) is 8.19. The molecule has 2 atom stereocenters. The van der Waals surface area contributed by atoms with Gasteiger partial charge in [-0.05, 0) is 18.1 Å². The highest BCUT2D eigenvalue weighted by Crippen LogP contribution is 2.23. The number of rotatable bonds is 8. The van der Waals surface area contributed by atoms with Crippen LogP contribution in [0.1, 0.15) is 34.0 Å². The topological polar surface area (TPSA) is 118 Å². The van der Waals surface area contributed by atoms with Crippen molar-refractivity contribution >= 4 is 23.7 Å². The van der Waals surface area contributed by atoms with Crippen LogP contribution in [0.3, 0.4) is 0 Å². The molecule has 0 aliphatic carbocycles. The molecule has 1 aromatic heterocycles. The molecule has 2 unspecified atom stereocenters. The van der Waals surface area contributed by atoms with Gasteiger partial charge < -0.3 is 25.0 Å². The molecule has 1 amide bonds. The fraction of sp³-hybridized carbons (Fsp3) is 0.316. The van der Waals surface area contributed by atoms with Crippen LogP contribution in [0.15, 0.2) is 42.6 Å². The predicted molar refractivity (Wildman–Crippen MR) is 101 cm³/mol. The fourth-order valence-corrected chi connectivity index (χ4v) is 2.54. The molecule has 0 saturated carbocycles. The lowest BCUT2D eigenvalue weighted by Gasteiger charge is -2.18. The smallest absolute Gasteiger partial charge is 0.407 e. The highest BCUT2D eigenvalue weighted by Gasteiger charge is 2.22. The van der Waals surface area contributed by atoms with Crippen LogP contribution >= 0.6 is 11.6 Å². The second kappa shape index (κ2) is 10.6. The van der Waals surface area contributed by atoms with E-state index in [0.29, 0.717) is 0 Å². The van der Waals surface area contributed by atoms with E-state index in [9.17, 15) is 19.8 Å². The third-order valence-corrected chi connectivity index (χ3v) is 4.19. The fourth-order valence-electron chi connectivity index (χ4n) is 2.36. The van der Waals surface area contributed by atoms with Gasteiger partial charge in [0.15, 0.2) is 0 Å². The maximum Gasteiger partial charge on any atom is 0.407 e. The minimum atomic E-state index is -1.32. The van der Waals surface area contributed by atoms with E-state index in [1.54, 1.807) is 0 Å². The molecule has 0 bridgehead atoms. The SMILES string of the molecule is COC(=O)c1cc(C(O)C(O)CCNC(=O)OCc2ccccc2)cnc1Cl. The van der Waals surface area contributed by atoms with Gasteiger partial charge in [-0.3, -0.25) is 0 Å². The van der Waals surface area contributed by atoms with Crippen molar-refractivity contribution in [2.45, 2.75) is 25.2 Å². The monoisotopic (exact) mass is 408 g/mol. The van der Waals surface area contributed by atoms with Gasteiger partial charge in [-0.2, -0.15) is 0 Å². The van der Waals surface area contributed by atoms with Gasteiger partial charge in [0.2, 0.25) is 0 Å². The maximum absolute atomic E-state index is 11.7. The average molecular weight is 409 g/mol. The molecular weight excluding hydrogens is 388 g/mol. The van der Waals surface area contributed by atoms with E-state index < -0.39 is 24.3 Å². The van der Waals surface area contributed by atoms with Crippen LogP contribution in [0.5, 0.6) is 0 Å². The number of hydrogen-bond donors (Lipinski definition) is 3. The summed E-state index contributed by atoms with van der Waals surface area (Å²) in [7, 11) is 1.19. The molecule has 9 heteroatoms. The summed E-state index contributed by atoms with van der Waals surface area (Å²) in [5, 5.41) is 22.8. The maximum atomic E-state index is 11.7. The van der Waals surface area contributed by atoms with Gasteiger partial charge in [-0.1, -0.05) is 41.9 Å². The summed E-state index contributed by atoms with van der Waals surface area (Å²) in [6, 6.07) is 10.5. The number of carbonyl (C=O) groups is 2. The Morgan fingerprint density at radius 1 is 1.25 bits per heavy atom. The number of aliphatic hydroxyl groups is 2. The van der Waals surface area contributed by atoms with Gasteiger partial charge in [0.1, 0.15) is 17.9 Å². The van der Waals surface area contributed by atoms with Crippen molar-refractivity contribution in [3.05, 3.63) is 64.4 Å². The number of halogens is 1. The number of nitrogens with zero attached hydrogens (tertiary/aromatic N) is 1. The molecule has 2 rings (SSSR count). The summed E-state index contributed by atoms with van der Waals surface area (Å²) in [4.78, 5) is 27.1. The van der Waals surface area contributed by atoms with E-state index in [0.717, 1.165) is 5.56 Å². The number of aliphatic hydroxyl groups excluding tert-OH is 2. The summed E-state index contributed by atoms with van der Waals surface area (Å²) >= 11 is 5.83. The molecule has 150 valence electrons. The number of amides is 1. The Labute approximate surface area is 167 Å². The molecule has 0 aliphatic heterocycles. The Hall–Kier alpha value is -2.68. The normalized spacial score (nSPS) is 12.7. The zero-order valence-electron chi connectivity index (χ0n) is 15.2. The predicted octanol–water partition coefficient (Wildman–Crippen LogP) is 2.23. The van der Waals surface area contributed by atoms with Crippen molar-refractivity contribution in [2.75, 3.05) is 13.7 Å². The van der Waals surface area contributed by atoms with Crippen LogP contribution in [0.4, 0.5) is 4.79 Å². The van der Waals surface area contributed by atoms with E-state index in [2.05, 4.69) is 15.0 Å². The summed E-state index contributed by atoms with van der Waals surface area (Å²) in [6.07, 6.45) is -1.85. The summed E-state index contributed by atoms with van der Waals surface area (Å²) < 4.78 is 9.64. The van der Waals surface area contributed by atoms with Crippen molar-refractivity contribution in [2.24, 2.45) is 0 Å². The number of benzene rings is 1. The quantitative estimate of drug-likeness (QED) is 0.452. The van der Waals surface area contributed by atoms with Crippen LogP contribution in [0.2, 0.25) is 5.15 Å². The summed E-state index contributed by atoms with van der Waals surface area (Å²) in [5.74, 6) is -0.705. The van der Waals surface area contributed by atoms with E-state index in [-0.39, 0.29) is 35.9 Å². The van der Waals surface area contributed by atoms with E-state index >= 15 is 0 Å². The van der Waals surface area contributed by atoms with Crippen molar-refractivity contribution in [3.8, 4) is 0 Å². The molecule has 0 spiro atoms. The Bertz CT molecular complexity index is 802. The summed E-state index contributed by atoms with van der Waals surface area (Å²) in [5.41, 5.74) is 1.03. The first-order valence-electron chi connectivity index (χ1n) is 8.46. The molecular formula is C19H21ClN2O6. The lowest BCUT2D eigenvalue weighted by atomic mass is 10.0. The number of hydrogen-bond acceptors (Lipinski definition) is 7. The van der Waals surface area contributed by atoms with Crippen LogP contribution in [0.25, 0.3) is 0 Å². The number of methoxy groups -OCH3 is 1. The van der Waals surface area contributed by atoms with Crippen LogP contribution < -0.4 is 5.32 Å². The third kappa shape index (κ3) is 6.19. The number of carbonyl (C=O) groups excluding carboxylic acids is 2. The molecule has 0 radical (unpaired) electrons. The van der Waals surface area contributed by atoms with Crippen molar-refractivity contribution in [3.63, 3.8) is 0 Å². The molecule has 8 nitrogen and oxygen atoms in total. The minimum Gasteiger partial charge on any atom is -0.465 e. The lowest BCUT2D eigenvalue weighted by Crippen LogP contribution is -2.29. The van der Waals surface area contributed by atoms with Gasteiger partial charge >= 0.3 is 12.1 Å². The standard InChI is InChI=1S/C19H21ClN2O6/c1-27-18(25)14-9-13(10-22-17(14)20)16(24)15(23)7-8-21-19(26)28-11-12-5-3-2-4-6-12/h2-6,9-10,15-16,23-24H,7-8,11H2,1H3,(H,21,26). The number of ether oxygens (including phenoxy) is 2. The molecule has 0 aliphatic rings. The first-order chi connectivity index (χ1) is 13.4. The van der Waals surface area contributed by atoms with Gasteiger partial charge in [-0.15, -0.1) is 0 Å². The van der Waals surface area contributed by atoms with Gasteiger partial charge in [0, 0.05) is 18.3 Å². The van der Waals surface area contributed by atoms with Crippen molar-refractivity contribution < 1.29 is 29.3 Å². The van der Waals surface area contributed by atoms with Crippen molar-refractivity contribution in [1.29, 1.82) is 0 Å². The van der Waals surface area contributed by atoms with E-state index in [4.69, 9.17) is 16.3 Å². The van der Waals surface area contributed by atoms with Crippen LogP contribution in [0, 0.1) is 0 Å². The molecule has 2 aromatic rings. The van der Waals surface area contributed by atoms with Crippen molar-refractivity contribution in [1.82, 2.24) is 10.3 Å². The van der Waals surface area contributed by atoms with Crippen LogP contribution in [-0.2, 0) is 16.1 Å². The van der Waals surface area contributed by atoms with Crippen LogP contribution in [-0.4, -0.2) is 47.0 Å². The average Bonchev–Trinajstić information content (AvgIpc) is 2.72. The number of alkyl carbamates (subject to hydrolysis) is 1. The van der Waals surface area contributed by atoms with Gasteiger partial charge in [0.05, 0.1) is 18.8 Å². The molecule has 1 heterocycles. The number of nitrogens with one attached hydrogen (secondary N) is 1. The Morgan fingerprint density at radius 3 is 2.64 bits per heavy atom. The zero-order valence-corrected chi connectivity index (χ0v) is 15.9.